The van der Waals surface area contributed by atoms with Crippen molar-refractivity contribution in [1.29, 1.82) is 0 Å². The highest BCUT2D eigenvalue weighted by Gasteiger charge is 2.23. The lowest BCUT2D eigenvalue weighted by Gasteiger charge is -2.09. The van der Waals surface area contributed by atoms with Gasteiger partial charge in [0, 0.05) is 22.8 Å². The predicted molar refractivity (Wildman–Crippen MR) is 124 cm³/mol. The molecule has 0 aliphatic rings. The van der Waals surface area contributed by atoms with E-state index in [1.54, 1.807) is 16.8 Å². The van der Waals surface area contributed by atoms with Gasteiger partial charge in [-0.05, 0) is 42.7 Å². The summed E-state index contributed by atoms with van der Waals surface area (Å²) in [6.07, 6.45) is 1.58. The Hall–Kier alpha value is -3.38. The SMILES string of the molecule is Cc1ccccc1CS(=O)(=O)c1cn(CC(=O)Nc2ccccc2C)c2ccccc12. The van der Waals surface area contributed by atoms with Gasteiger partial charge >= 0.3 is 0 Å². The van der Waals surface area contributed by atoms with Gasteiger partial charge in [0.15, 0.2) is 9.84 Å². The Bertz CT molecular complexity index is 1370. The van der Waals surface area contributed by atoms with E-state index in [1.807, 2.05) is 80.6 Å². The Morgan fingerprint density at radius 3 is 2.26 bits per heavy atom. The van der Waals surface area contributed by atoms with E-state index < -0.39 is 9.84 Å². The Kier molecular flexibility index (Phi) is 5.65. The van der Waals surface area contributed by atoms with Crippen molar-refractivity contribution in [1.82, 2.24) is 4.57 Å². The number of anilines is 1. The molecule has 1 aromatic heterocycles. The summed E-state index contributed by atoms with van der Waals surface area (Å²) in [4.78, 5) is 12.9. The summed E-state index contributed by atoms with van der Waals surface area (Å²) in [7, 11) is -3.60. The van der Waals surface area contributed by atoms with Gasteiger partial charge in [-0.25, -0.2) is 8.42 Å². The van der Waals surface area contributed by atoms with Crippen molar-refractivity contribution in [2.24, 2.45) is 0 Å². The molecule has 0 spiro atoms. The van der Waals surface area contributed by atoms with E-state index in [2.05, 4.69) is 5.32 Å². The van der Waals surface area contributed by atoms with Crippen molar-refractivity contribution in [2.45, 2.75) is 31.0 Å². The molecule has 0 unspecified atom stereocenters. The van der Waals surface area contributed by atoms with Crippen LogP contribution < -0.4 is 5.32 Å². The number of para-hydroxylation sites is 2. The van der Waals surface area contributed by atoms with Gasteiger partial charge in [-0.2, -0.15) is 0 Å². The third-order valence-electron chi connectivity index (χ3n) is 5.43. The van der Waals surface area contributed by atoms with Crippen LogP contribution in [0.4, 0.5) is 5.69 Å². The second-order valence-corrected chi connectivity index (χ2v) is 9.65. The van der Waals surface area contributed by atoms with Crippen LogP contribution in [-0.2, 0) is 26.9 Å². The van der Waals surface area contributed by atoms with Crippen molar-refractivity contribution < 1.29 is 13.2 Å². The zero-order valence-corrected chi connectivity index (χ0v) is 18.3. The number of aromatic nitrogens is 1. The van der Waals surface area contributed by atoms with E-state index >= 15 is 0 Å². The summed E-state index contributed by atoms with van der Waals surface area (Å²) in [5, 5.41) is 3.53. The maximum atomic E-state index is 13.3. The van der Waals surface area contributed by atoms with E-state index in [1.165, 1.54) is 0 Å². The van der Waals surface area contributed by atoms with Crippen LogP contribution in [0.5, 0.6) is 0 Å². The number of amides is 1. The van der Waals surface area contributed by atoms with Crippen LogP contribution in [0.25, 0.3) is 10.9 Å². The molecule has 0 saturated heterocycles. The van der Waals surface area contributed by atoms with Crippen molar-refractivity contribution in [3.05, 3.63) is 95.7 Å². The fraction of sp³-hybridized carbons (Fsp3) is 0.160. The summed E-state index contributed by atoms with van der Waals surface area (Å²) in [6.45, 7) is 3.86. The second-order valence-electron chi connectivity index (χ2n) is 7.69. The Labute approximate surface area is 182 Å². The van der Waals surface area contributed by atoms with Crippen LogP contribution in [0.1, 0.15) is 16.7 Å². The van der Waals surface area contributed by atoms with E-state index in [-0.39, 0.29) is 23.1 Å². The number of fused-ring (bicyclic) bond motifs is 1. The van der Waals surface area contributed by atoms with E-state index in [9.17, 15) is 13.2 Å². The highest BCUT2D eigenvalue weighted by molar-refractivity contribution is 7.90. The van der Waals surface area contributed by atoms with Gasteiger partial charge in [-0.15, -0.1) is 0 Å². The molecule has 0 aliphatic heterocycles. The molecule has 0 atom stereocenters. The molecular formula is C25H24N2O3S. The zero-order chi connectivity index (χ0) is 22.0. The fourth-order valence-corrected chi connectivity index (χ4v) is 5.39. The van der Waals surface area contributed by atoms with Crippen LogP contribution in [0.15, 0.2) is 83.9 Å². The molecule has 0 fully saturated rings. The Morgan fingerprint density at radius 2 is 1.52 bits per heavy atom. The van der Waals surface area contributed by atoms with Crippen LogP contribution in [-0.4, -0.2) is 18.9 Å². The van der Waals surface area contributed by atoms with Crippen molar-refractivity contribution in [3.63, 3.8) is 0 Å². The fourth-order valence-electron chi connectivity index (χ4n) is 3.70. The highest BCUT2D eigenvalue weighted by Crippen LogP contribution is 2.29. The number of carbonyl (C=O) groups excluding carboxylic acids is 1. The lowest BCUT2D eigenvalue weighted by atomic mass is 10.1. The number of sulfone groups is 1. The quantitative estimate of drug-likeness (QED) is 0.473. The molecule has 6 heteroatoms. The van der Waals surface area contributed by atoms with E-state index in [0.29, 0.717) is 10.9 Å². The number of hydrogen-bond donors (Lipinski definition) is 1. The third-order valence-corrected chi connectivity index (χ3v) is 7.11. The summed E-state index contributed by atoms with van der Waals surface area (Å²) in [6, 6.07) is 22.3. The third kappa shape index (κ3) is 4.39. The topological polar surface area (TPSA) is 68.2 Å². The smallest absolute Gasteiger partial charge is 0.244 e. The molecule has 31 heavy (non-hydrogen) atoms. The molecule has 158 valence electrons. The van der Waals surface area contributed by atoms with Crippen LogP contribution in [0.2, 0.25) is 0 Å². The number of nitrogens with zero attached hydrogens (tertiary/aromatic N) is 1. The lowest BCUT2D eigenvalue weighted by molar-refractivity contribution is -0.116. The van der Waals surface area contributed by atoms with Gasteiger partial charge in [-0.1, -0.05) is 60.7 Å². The number of rotatable bonds is 6. The molecule has 4 aromatic rings. The Balaban J connectivity index is 1.67. The van der Waals surface area contributed by atoms with Crippen LogP contribution >= 0.6 is 0 Å². The first-order chi connectivity index (χ1) is 14.8. The molecule has 1 heterocycles. The summed E-state index contributed by atoms with van der Waals surface area (Å²) in [5.41, 5.74) is 4.14. The average molecular weight is 433 g/mol. The molecule has 0 saturated carbocycles. The first kappa shape index (κ1) is 20.9. The maximum absolute atomic E-state index is 13.3. The van der Waals surface area contributed by atoms with Gasteiger partial charge < -0.3 is 9.88 Å². The molecule has 4 rings (SSSR count). The molecule has 0 radical (unpaired) electrons. The van der Waals surface area contributed by atoms with Gasteiger partial charge in [-0.3, -0.25) is 4.79 Å². The molecular weight excluding hydrogens is 408 g/mol. The number of nitrogens with one attached hydrogen (secondary N) is 1. The minimum absolute atomic E-state index is 0.0226. The second kappa shape index (κ2) is 8.40. The van der Waals surface area contributed by atoms with E-state index in [0.717, 1.165) is 22.4 Å². The monoisotopic (exact) mass is 432 g/mol. The first-order valence-corrected chi connectivity index (χ1v) is 11.7. The highest BCUT2D eigenvalue weighted by atomic mass is 32.2. The lowest BCUT2D eigenvalue weighted by Crippen LogP contribution is -2.18. The van der Waals surface area contributed by atoms with Crippen LogP contribution in [0.3, 0.4) is 0 Å². The zero-order valence-electron chi connectivity index (χ0n) is 17.5. The number of carbonyl (C=O) groups is 1. The summed E-state index contributed by atoms with van der Waals surface area (Å²) >= 11 is 0. The minimum Gasteiger partial charge on any atom is -0.337 e. The van der Waals surface area contributed by atoms with E-state index in [4.69, 9.17) is 0 Å². The summed E-state index contributed by atoms with van der Waals surface area (Å²) < 4.78 is 28.3. The molecule has 0 bridgehead atoms. The molecule has 3 aromatic carbocycles. The average Bonchev–Trinajstić information content (AvgIpc) is 3.11. The largest absolute Gasteiger partial charge is 0.337 e. The van der Waals surface area contributed by atoms with Gasteiger partial charge in [0.1, 0.15) is 6.54 Å². The normalized spacial score (nSPS) is 11.5. The van der Waals surface area contributed by atoms with Gasteiger partial charge in [0.2, 0.25) is 5.91 Å². The molecule has 0 aliphatic carbocycles. The first-order valence-electron chi connectivity index (χ1n) is 10.1. The van der Waals surface area contributed by atoms with Crippen molar-refractivity contribution in [2.75, 3.05) is 5.32 Å². The predicted octanol–water partition coefficient (Wildman–Crippen LogP) is 4.87. The number of hydrogen-bond acceptors (Lipinski definition) is 3. The summed E-state index contributed by atoms with van der Waals surface area (Å²) in [5.74, 6) is -0.291. The van der Waals surface area contributed by atoms with Gasteiger partial charge in [0.05, 0.1) is 10.6 Å². The molecule has 1 amide bonds. The van der Waals surface area contributed by atoms with Crippen LogP contribution in [0, 0.1) is 13.8 Å². The van der Waals surface area contributed by atoms with Gasteiger partial charge in [0.25, 0.3) is 0 Å². The maximum Gasteiger partial charge on any atom is 0.244 e. The van der Waals surface area contributed by atoms with Crippen molar-refractivity contribution in [3.8, 4) is 0 Å². The molecule has 5 nitrogen and oxygen atoms in total. The number of benzene rings is 3. The standard InChI is InChI=1S/C25H24N2O3S/c1-18-9-3-5-11-20(18)17-31(29,30)24-15-27(23-14-8-6-12-21(23)24)16-25(28)26-22-13-7-4-10-19(22)2/h3-15H,16-17H2,1-2H3,(H,26,28). The minimum atomic E-state index is -3.60. The molecule has 1 N–H and O–H groups in total. The van der Waals surface area contributed by atoms with Crippen molar-refractivity contribution >= 4 is 32.3 Å². The Morgan fingerprint density at radius 1 is 0.871 bits per heavy atom. The number of aryl methyl sites for hydroxylation is 2.